The molecule has 3 rings (SSSR count). The van der Waals surface area contributed by atoms with Crippen LogP contribution in [0.1, 0.15) is 68.6 Å². The van der Waals surface area contributed by atoms with E-state index < -0.39 is 12.1 Å². The van der Waals surface area contributed by atoms with E-state index in [9.17, 15) is 13.2 Å². The van der Waals surface area contributed by atoms with Gasteiger partial charge in [-0.05, 0) is 81.5 Å². The third kappa shape index (κ3) is 6.60. The van der Waals surface area contributed by atoms with Crippen LogP contribution in [-0.2, 0) is 13.0 Å². The van der Waals surface area contributed by atoms with Crippen LogP contribution in [0.25, 0.3) is 0 Å². The Morgan fingerprint density at radius 1 is 0.867 bits per heavy atom. The fourth-order valence-corrected chi connectivity index (χ4v) is 4.53. The number of halogens is 3. The van der Waals surface area contributed by atoms with Crippen molar-refractivity contribution in [3.05, 3.63) is 71.3 Å². The second-order valence-corrected chi connectivity index (χ2v) is 8.99. The molecule has 0 unspecified atom stereocenters. The standard InChI is InChI=1S/C26H34F3N/c1-20(2)30(19-22-7-4-3-5-8-22)18-6-9-21-10-12-23(13-11-21)24-14-16-25(17-15-24)26(27,28)29/h3-5,7-8,10-13,20,24-25H,6,9,14-19H2,1-2H3. The molecule has 0 bridgehead atoms. The lowest BCUT2D eigenvalue weighted by Crippen LogP contribution is -2.31. The summed E-state index contributed by atoms with van der Waals surface area (Å²) in [6, 6.07) is 19.7. The van der Waals surface area contributed by atoms with Gasteiger partial charge in [-0.2, -0.15) is 13.2 Å². The molecule has 1 nitrogen and oxygen atoms in total. The number of nitrogens with zero attached hydrogens (tertiary/aromatic N) is 1. The van der Waals surface area contributed by atoms with Crippen molar-refractivity contribution in [3.63, 3.8) is 0 Å². The Kier molecular flexibility index (Phi) is 7.99. The van der Waals surface area contributed by atoms with Crippen LogP contribution < -0.4 is 0 Å². The first-order valence-corrected chi connectivity index (χ1v) is 11.3. The van der Waals surface area contributed by atoms with Crippen LogP contribution in [0.2, 0.25) is 0 Å². The average Bonchev–Trinajstić information content (AvgIpc) is 2.74. The third-order valence-corrected chi connectivity index (χ3v) is 6.51. The number of benzene rings is 2. The average molecular weight is 418 g/mol. The molecule has 4 heteroatoms. The Balaban J connectivity index is 1.46. The molecule has 0 atom stereocenters. The Morgan fingerprint density at radius 2 is 1.50 bits per heavy atom. The molecule has 0 aliphatic heterocycles. The largest absolute Gasteiger partial charge is 0.391 e. The molecule has 0 spiro atoms. The second-order valence-electron chi connectivity index (χ2n) is 8.99. The van der Waals surface area contributed by atoms with Crippen molar-refractivity contribution in [1.82, 2.24) is 4.90 Å². The number of hydrogen-bond acceptors (Lipinski definition) is 1. The predicted molar refractivity (Wildman–Crippen MR) is 118 cm³/mol. The van der Waals surface area contributed by atoms with Crippen LogP contribution in [0.3, 0.4) is 0 Å². The lowest BCUT2D eigenvalue weighted by Gasteiger charge is -2.30. The van der Waals surface area contributed by atoms with Crippen LogP contribution >= 0.6 is 0 Å². The van der Waals surface area contributed by atoms with Crippen molar-refractivity contribution in [2.75, 3.05) is 6.54 Å². The fourth-order valence-electron chi connectivity index (χ4n) is 4.53. The summed E-state index contributed by atoms with van der Waals surface area (Å²) < 4.78 is 38.6. The summed E-state index contributed by atoms with van der Waals surface area (Å²) in [5.74, 6) is -0.826. The van der Waals surface area contributed by atoms with E-state index >= 15 is 0 Å². The molecule has 0 radical (unpaired) electrons. The second kappa shape index (κ2) is 10.5. The summed E-state index contributed by atoms with van der Waals surface area (Å²) in [5.41, 5.74) is 3.86. The molecule has 0 heterocycles. The zero-order valence-corrected chi connectivity index (χ0v) is 18.2. The van der Waals surface area contributed by atoms with Crippen molar-refractivity contribution in [2.24, 2.45) is 5.92 Å². The van der Waals surface area contributed by atoms with E-state index in [2.05, 4.69) is 73.3 Å². The molecular formula is C26H34F3N. The highest BCUT2D eigenvalue weighted by molar-refractivity contribution is 5.26. The first-order valence-electron chi connectivity index (χ1n) is 11.3. The lowest BCUT2D eigenvalue weighted by molar-refractivity contribution is -0.182. The van der Waals surface area contributed by atoms with Gasteiger partial charge in [0.05, 0.1) is 5.92 Å². The Bertz CT molecular complexity index is 744. The first kappa shape index (κ1) is 22.9. The van der Waals surface area contributed by atoms with E-state index in [4.69, 9.17) is 0 Å². The molecule has 2 aromatic rings. The van der Waals surface area contributed by atoms with Gasteiger partial charge >= 0.3 is 6.18 Å². The highest BCUT2D eigenvalue weighted by atomic mass is 19.4. The first-order chi connectivity index (χ1) is 14.3. The molecule has 164 valence electrons. The summed E-state index contributed by atoms with van der Waals surface area (Å²) in [5, 5.41) is 0. The van der Waals surface area contributed by atoms with Crippen LogP contribution in [0.4, 0.5) is 13.2 Å². The zero-order valence-electron chi connectivity index (χ0n) is 18.2. The van der Waals surface area contributed by atoms with Gasteiger partial charge in [0.15, 0.2) is 0 Å². The number of rotatable bonds is 8. The van der Waals surface area contributed by atoms with Crippen LogP contribution in [0, 0.1) is 5.92 Å². The maximum absolute atomic E-state index is 12.9. The highest BCUT2D eigenvalue weighted by Gasteiger charge is 2.41. The SMILES string of the molecule is CC(C)N(CCCc1ccc(C2CCC(C(F)(F)F)CC2)cc1)Cc1ccccc1. The van der Waals surface area contributed by atoms with E-state index in [0.29, 0.717) is 18.9 Å². The predicted octanol–water partition coefficient (Wildman–Crippen LogP) is 7.37. The third-order valence-electron chi connectivity index (χ3n) is 6.51. The number of aryl methyl sites for hydroxylation is 1. The van der Waals surface area contributed by atoms with Gasteiger partial charge in [0.25, 0.3) is 0 Å². The smallest absolute Gasteiger partial charge is 0.297 e. The summed E-state index contributed by atoms with van der Waals surface area (Å²) in [7, 11) is 0. The van der Waals surface area contributed by atoms with Gasteiger partial charge in [0.1, 0.15) is 0 Å². The van der Waals surface area contributed by atoms with Crippen molar-refractivity contribution in [1.29, 1.82) is 0 Å². The van der Waals surface area contributed by atoms with Crippen LogP contribution in [-0.4, -0.2) is 23.7 Å². The van der Waals surface area contributed by atoms with Crippen molar-refractivity contribution in [3.8, 4) is 0 Å². The Morgan fingerprint density at radius 3 is 2.07 bits per heavy atom. The topological polar surface area (TPSA) is 3.24 Å². The molecule has 0 amide bonds. The van der Waals surface area contributed by atoms with Gasteiger partial charge in [-0.15, -0.1) is 0 Å². The minimum Gasteiger partial charge on any atom is -0.297 e. The maximum atomic E-state index is 12.9. The van der Waals surface area contributed by atoms with Gasteiger partial charge in [-0.3, -0.25) is 4.90 Å². The lowest BCUT2D eigenvalue weighted by atomic mass is 9.78. The summed E-state index contributed by atoms with van der Waals surface area (Å²) in [4.78, 5) is 2.50. The molecule has 0 N–H and O–H groups in total. The van der Waals surface area contributed by atoms with Gasteiger partial charge in [0.2, 0.25) is 0 Å². The summed E-state index contributed by atoms with van der Waals surface area (Å²) in [6.45, 7) is 6.50. The minimum atomic E-state index is -4.03. The Labute approximate surface area is 179 Å². The number of hydrogen-bond donors (Lipinski definition) is 0. The quantitative estimate of drug-likeness (QED) is 0.433. The molecule has 0 saturated heterocycles. The molecule has 1 fully saturated rings. The summed E-state index contributed by atoms with van der Waals surface area (Å²) >= 11 is 0. The van der Waals surface area contributed by atoms with Gasteiger partial charge in [-0.1, -0.05) is 54.6 Å². The highest BCUT2D eigenvalue weighted by Crippen LogP contribution is 2.42. The zero-order chi connectivity index (χ0) is 21.6. The van der Waals surface area contributed by atoms with Crippen molar-refractivity contribution < 1.29 is 13.2 Å². The van der Waals surface area contributed by atoms with Crippen LogP contribution in [0.5, 0.6) is 0 Å². The monoisotopic (exact) mass is 417 g/mol. The van der Waals surface area contributed by atoms with Gasteiger partial charge in [0, 0.05) is 12.6 Å². The Hall–Kier alpha value is -1.81. The molecular weight excluding hydrogens is 383 g/mol. The molecule has 2 aromatic carbocycles. The normalized spacial score (nSPS) is 20.1. The molecule has 1 saturated carbocycles. The van der Waals surface area contributed by atoms with Crippen LogP contribution in [0.15, 0.2) is 54.6 Å². The van der Waals surface area contributed by atoms with Crippen molar-refractivity contribution in [2.45, 2.75) is 77.1 Å². The molecule has 30 heavy (non-hydrogen) atoms. The fraction of sp³-hybridized carbons (Fsp3) is 0.538. The van der Waals surface area contributed by atoms with Crippen molar-refractivity contribution >= 4 is 0 Å². The minimum absolute atomic E-state index is 0.266. The van der Waals surface area contributed by atoms with E-state index in [0.717, 1.165) is 25.9 Å². The van der Waals surface area contributed by atoms with E-state index in [1.807, 2.05) is 0 Å². The number of alkyl halides is 3. The van der Waals surface area contributed by atoms with Gasteiger partial charge in [-0.25, -0.2) is 0 Å². The molecule has 1 aliphatic rings. The van der Waals surface area contributed by atoms with E-state index in [1.54, 1.807) is 0 Å². The van der Waals surface area contributed by atoms with E-state index in [1.165, 1.54) is 16.7 Å². The van der Waals surface area contributed by atoms with Gasteiger partial charge < -0.3 is 0 Å². The summed E-state index contributed by atoms with van der Waals surface area (Å²) in [6.07, 6.45) is -0.0805. The molecule has 0 aromatic heterocycles. The molecule has 1 aliphatic carbocycles. The van der Waals surface area contributed by atoms with E-state index in [-0.39, 0.29) is 18.8 Å². The maximum Gasteiger partial charge on any atom is 0.391 e.